The molecule has 116 valence electrons. The summed E-state index contributed by atoms with van der Waals surface area (Å²) in [5.74, 6) is 0.151. The van der Waals surface area contributed by atoms with Crippen LogP contribution < -0.4 is 11.1 Å². The zero-order chi connectivity index (χ0) is 15.9. The summed E-state index contributed by atoms with van der Waals surface area (Å²) < 4.78 is 0. The average molecular weight is 291 g/mol. The lowest BCUT2D eigenvalue weighted by Crippen LogP contribution is -2.25. The number of nitrogens with one attached hydrogen (secondary N) is 1. The smallest absolute Gasteiger partial charge is 0.251 e. The molecule has 1 amide bonds. The lowest BCUT2D eigenvalue weighted by molar-refractivity contribution is 0.0953. The average Bonchev–Trinajstić information content (AvgIpc) is 2.45. The van der Waals surface area contributed by atoms with Crippen LogP contribution in [0, 0.1) is 0 Å². The number of oxime groups is 1. The highest BCUT2D eigenvalue weighted by atomic mass is 16.4. The Balaban J connectivity index is 2.39. The van der Waals surface area contributed by atoms with Crippen LogP contribution in [0.4, 0.5) is 0 Å². The van der Waals surface area contributed by atoms with E-state index < -0.39 is 0 Å². The molecule has 0 saturated carbocycles. The molecule has 0 aliphatic rings. The summed E-state index contributed by atoms with van der Waals surface area (Å²) in [4.78, 5) is 12.0. The van der Waals surface area contributed by atoms with Gasteiger partial charge in [0.1, 0.15) is 5.84 Å². The SMILES string of the molecule is CC(C)(C)c1ccc(C(=O)NCCCCC(N)=NO)cc1. The third-order valence-corrected chi connectivity index (χ3v) is 3.29. The van der Waals surface area contributed by atoms with Crippen LogP contribution in [0.1, 0.15) is 56.0 Å². The molecule has 1 rings (SSSR count). The molecule has 21 heavy (non-hydrogen) atoms. The third-order valence-electron chi connectivity index (χ3n) is 3.29. The maximum atomic E-state index is 12.0. The van der Waals surface area contributed by atoms with Gasteiger partial charge in [0.15, 0.2) is 0 Å². The summed E-state index contributed by atoms with van der Waals surface area (Å²) in [6, 6.07) is 7.69. The molecule has 4 N–H and O–H groups in total. The molecule has 0 bridgehead atoms. The standard InChI is InChI=1S/C16H25N3O2/c1-16(2,3)13-9-7-12(8-10-13)15(20)18-11-5-4-6-14(17)19-21/h7-10,21H,4-6,11H2,1-3H3,(H2,17,19)(H,18,20). The van der Waals surface area contributed by atoms with Gasteiger partial charge in [0.2, 0.25) is 0 Å². The van der Waals surface area contributed by atoms with E-state index in [9.17, 15) is 4.79 Å². The second-order valence-corrected chi connectivity index (χ2v) is 6.13. The molecule has 0 heterocycles. The summed E-state index contributed by atoms with van der Waals surface area (Å²) in [5, 5.41) is 14.2. The Labute approximate surface area is 126 Å². The summed E-state index contributed by atoms with van der Waals surface area (Å²) >= 11 is 0. The van der Waals surface area contributed by atoms with Crippen LogP contribution in [0.25, 0.3) is 0 Å². The molecule has 0 radical (unpaired) electrons. The fourth-order valence-corrected chi connectivity index (χ4v) is 1.91. The number of carbonyl (C=O) groups excluding carboxylic acids is 1. The number of hydrogen-bond acceptors (Lipinski definition) is 3. The first-order valence-electron chi connectivity index (χ1n) is 7.19. The number of amides is 1. The van der Waals surface area contributed by atoms with Crippen LogP contribution in [0.15, 0.2) is 29.4 Å². The quantitative estimate of drug-likeness (QED) is 0.247. The van der Waals surface area contributed by atoms with Crippen molar-refractivity contribution in [1.29, 1.82) is 0 Å². The van der Waals surface area contributed by atoms with Crippen LogP contribution in [0.2, 0.25) is 0 Å². The van der Waals surface area contributed by atoms with Crippen molar-refractivity contribution in [3.8, 4) is 0 Å². The molecule has 0 atom stereocenters. The summed E-state index contributed by atoms with van der Waals surface area (Å²) in [6.45, 7) is 7.01. The number of nitrogens with two attached hydrogens (primary N) is 1. The Morgan fingerprint density at radius 1 is 1.24 bits per heavy atom. The number of nitrogens with zero attached hydrogens (tertiary/aromatic N) is 1. The highest BCUT2D eigenvalue weighted by molar-refractivity contribution is 5.94. The van der Waals surface area contributed by atoms with E-state index in [4.69, 9.17) is 10.9 Å². The third kappa shape index (κ3) is 5.85. The molecule has 0 spiro atoms. The van der Waals surface area contributed by atoms with Crippen LogP contribution in [-0.4, -0.2) is 23.5 Å². The van der Waals surface area contributed by atoms with Crippen LogP contribution in [0.5, 0.6) is 0 Å². The number of amidine groups is 1. The van der Waals surface area contributed by atoms with E-state index in [-0.39, 0.29) is 17.2 Å². The lowest BCUT2D eigenvalue weighted by Gasteiger charge is -2.19. The molecule has 5 nitrogen and oxygen atoms in total. The van der Waals surface area contributed by atoms with E-state index in [2.05, 4.69) is 31.2 Å². The summed E-state index contributed by atoms with van der Waals surface area (Å²) in [6.07, 6.45) is 2.10. The van der Waals surface area contributed by atoms with Gasteiger partial charge >= 0.3 is 0 Å². The molecule has 0 unspecified atom stereocenters. The minimum absolute atomic E-state index is 0.0701. The van der Waals surface area contributed by atoms with E-state index in [1.54, 1.807) is 0 Å². The summed E-state index contributed by atoms with van der Waals surface area (Å²) in [7, 11) is 0. The first kappa shape index (κ1) is 17.0. The molecule has 0 aromatic heterocycles. The Hall–Kier alpha value is -2.04. The van der Waals surface area contributed by atoms with Gasteiger partial charge in [-0.25, -0.2) is 0 Å². The fraction of sp³-hybridized carbons (Fsp3) is 0.500. The van der Waals surface area contributed by atoms with Gasteiger partial charge < -0.3 is 16.3 Å². The van der Waals surface area contributed by atoms with E-state index in [1.165, 1.54) is 5.56 Å². The topological polar surface area (TPSA) is 87.7 Å². The molecule has 0 saturated heterocycles. The Bertz CT molecular complexity index is 487. The molecule has 1 aromatic carbocycles. The first-order valence-corrected chi connectivity index (χ1v) is 7.19. The normalized spacial score (nSPS) is 12.2. The predicted molar refractivity (Wildman–Crippen MR) is 84.7 cm³/mol. The van der Waals surface area contributed by atoms with Crippen molar-refractivity contribution >= 4 is 11.7 Å². The van der Waals surface area contributed by atoms with Gasteiger partial charge in [-0.1, -0.05) is 38.1 Å². The van der Waals surface area contributed by atoms with Crippen molar-refractivity contribution in [2.24, 2.45) is 10.9 Å². The molecule has 5 heteroatoms. The second-order valence-electron chi connectivity index (χ2n) is 6.13. The van der Waals surface area contributed by atoms with Crippen LogP contribution in [0.3, 0.4) is 0 Å². The van der Waals surface area contributed by atoms with Crippen molar-refractivity contribution < 1.29 is 10.0 Å². The van der Waals surface area contributed by atoms with Crippen LogP contribution >= 0.6 is 0 Å². The van der Waals surface area contributed by atoms with Crippen molar-refractivity contribution in [3.05, 3.63) is 35.4 Å². The first-order chi connectivity index (χ1) is 9.84. The summed E-state index contributed by atoms with van der Waals surface area (Å²) in [5.41, 5.74) is 7.33. The maximum Gasteiger partial charge on any atom is 0.251 e. The van der Waals surface area contributed by atoms with Gasteiger partial charge in [-0.15, -0.1) is 0 Å². The van der Waals surface area contributed by atoms with E-state index >= 15 is 0 Å². The van der Waals surface area contributed by atoms with Gasteiger partial charge in [-0.05, 0) is 36.0 Å². The Kier molecular flexibility index (Phi) is 6.21. The van der Waals surface area contributed by atoms with Gasteiger partial charge in [0, 0.05) is 18.5 Å². The van der Waals surface area contributed by atoms with E-state index in [0.717, 1.165) is 12.8 Å². The van der Waals surface area contributed by atoms with Crippen molar-refractivity contribution in [1.82, 2.24) is 5.32 Å². The monoisotopic (exact) mass is 291 g/mol. The number of benzene rings is 1. The predicted octanol–water partition coefficient (Wildman–Crippen LogP) is 2.63. The number of hydrogen-bond donors (Lipinski definition) is 3. The van der Waals surface area contributed by atoms with Crippen molar-refractivity contribution in [2.75, 3.05) is 6.54 Å². The molecule has 0 aliphatic carbocycles. The number of rotatable bonds is 6. The highest BCUT2D eigenvalue weighted by Crippen LogP contribution is 2.22. The zero-order valence-corrected chi connectivity index (χ0v) is 13.0. The molecular formula is C16H25N3O2. The van der Waals surface area contributed by atoms with E-state index in [0.29, 0.717) is 18.5 Å². The number of carbonyl (C=O) groups is 1. The molecule has 0 fully saturated rings. The maximum absolute atomic E-state index is 12.0. The van der Waals surface area contributed by atoms with Gasteiger partial charge in [0.05, 0.1) is 0 Å². The number of unbranched alkanes of at least 4 members (excludes halogenated alkanes) is 1. The Morgan fingerprint density at radius 2 is 1.86 bits per heavy atom. The molecular weight excluding hydrogens is 266 g/mol. The van der Waals surface area contributed by atoms with Crippen molar-refractivity contribution in [3.63, 3.8) is 0 Å². The minimum atomic E-state index is -0.0701. The lowest BCUT2D eigenvalue weighted by atomic mass is 9.87. The second kappa shape index (κ2) is 7.67. The van der Waals surface area contributed by atoms with Crippen molar-refractivity contribution in [2.45, 2.75) is 45.4 Å². The van der Waals surface area contributed by atoms with Gasteiger partial charge in [-0.2, -0.15) is 0 Å². The Morgan fingerprint density at radius 3 is 2.38 bits per heavy atom. The van der Waals surface area contributed by atoms with Gasteiger partial charge in [-0.3, -0.25) is 4.79 Å². The molecule has 1 aromatic rings. The van der Waals surface area contributed by atoms with Gasteiger partial charge in [0.25, 0.3) is 5.91 Å². The highest BCUT2D eigenvalue weighted by Gasteiger charge is 2.14. The zero-order valence-electron chi connectivity index (χ0n) is 13.0. The molecule has 0 aliphatic heterocycles. The largest absolute Gasteiger partial charge is 0.409 e. The fourth-order valence-electron chi connectivity index (χ4n) is 1.91. The van der Waals surface area contributed by atoms with Crippen LogP contribution in [-0.2, 0) is 5.41 Å². The van der Waals surface area contributed by atoms with E-state index in [1.807, 2.05) is 24.3 Å². The minimum Gasteiger partial charge on any atom is -0.409 e.